The molecule has 1 aliphatic rings. The smallest absolute Gasteiger partial charge is 0.101 e. The second kappa shape index (κ2) is 5.06. The highest BCUT2D eigenvalue weighted by Gasteiger charge is 2.23. The Morgan fingerprint density at radius 1 is 1.50 bits per heavy atom. The SMILES string of the molecule is CNN1CCCC[C@H]1c1cncc(C#N)c1. The third-order valence-corrected chi connectivity index (χ3v) is 3.06. The van der Waals surface area contributed by atoms with Crippen molar-refractivity contribution in [2.24, 2.45) is 0 Å². The predicted octanol–water partition coefficient (Wildman–Crippen LogP) is 1.61. The molecule has 0 radical (unpaired) electrons. The van der Waals surface area contributed by atoms with Crippen molar-refractivity contribution < 1.29 is 0 Å². The van der Waals surface area contributed by atoms with Gasteiger partial charge in [-0.1, -0.05) is 6.42 Å². The van der Waals surface area contributed by atoms with E-state index < -0.39 is 0 Å². The van der Waals surface area contributed by atoms with Crippen molar-refractivity contribution in [2.75, 3.05) is 13.6 Å². The minimum absolute atomic E-state index is 0.347. The van der Waals surface area contributed by atoms with Gasteiger partial charge in [-0.25, -0.2) is 5.01 Å². The number of aromatic nitrogens is 1. The van der Waals surface area contributed by atoms with Gasteiger partial charge in [0.1, 0.15) is 6.07 Å². The van der Waals surface area contributed by atoms with Crippen molar-refractivity contribution in [1.29, 1.82) is 5.26 Å². The summed E-state index contributed by atoms with van der Waals surface area (Å²) in [4.78, 5) is 4.12. The lowest BCUT2D eigenvalue weighted by Crippen LogP contribution is -2.41. The second-order valence-corrected chi connectivity index (χ2v) is 4.05. The number of pyridine rings is 1. The minimum Gasteiger partial charge on any atom is -0.263 e. The highest BCUT2D eigenvalue weighted by molar-refractivity contribution is 5.30. The van der Waals surface area contributed by atoms with E-state index in [0.29, 0.717) is 11.6 Å². The average molecular weight is 216 g/mol. The summed E-state index contributed by atoms with van der Waals surface area (Å²) in [7, 11) is 1.94. The predicted molar refractivity (Wildman–Crippen MR) is 61.3 cm³/mol. The lowest BCUT2D eigenvalue weighted by atomic mass is 9.97. The van der Waals surface area contributed by atoms with Gasteiger partial charge in [0.15, 0.2) is 0 Å². The van der Waals surface area contributed by atoms with Crippen molar-refractivity contribution in [3.8, 4) is 6.07 Å². The van der Waals surface area contributed by atoms with Crippen LogP contribution in [0.2, 0.25) is 0 Å². The third kappa shape index (κ3) is 2.21. The first-order valence-electron chi connectivity index (χ1n) is 5.64. The van der Waals surface area contributed by atoms with Crippen LogP contribution in [-0.4, -0.2) is 23.6 Å². The van der Waals surface area contributed by atoms with Crippen molar-refractivity contribution >= 4 is 0 Å². The normalized spacial score (nSPS) is 21.6. The largest absolute Gasteiger partial charge is 0.263 e. The van der Waals surface area contributed by atoms with Crippen LogP contribution in [0.4, 0.5) is 0 Å². The van der Waals surface area contributed by atoms with Gasteiger partial charge in [-0.3, -0.25) is 10.4 Å². The number of nitriles is 1. The Labute approximate surface area is 95.9 Å². The Kier molecular flexibility index (Phi) is 3.50. The molecule has 4 heteroatoms. The molecule has 4 nitrogen and oxygen atoms in total. The summed E-state index contributed by atoms with van der Waals surface area (Å²) in [5, 5.41) is 11.1. The summed E-state index contributed by atoms with van der Waals surface area (Å²) in [6.45, 7) is 1.05. The maximum atomic E-state index is 8.86. The van der Waals surface area contributed by atoms with Crippen molar-refractivity contribution in [1.82, 2.24) is 15.4 Å². The average Bonchev–Trinajstić information content (AvgIpc) is 2.38. The summed E-state index contributed by atoms with van der Waals surface area (Å²) in [6.07, 6.45) is 7.05. The fraction of sp³-hybridized carbons (Fsp3) is 0.500. The van der Waals surface area contributed by atoms with E-state index in [1.165, 1.54) is 12.8 Å². The lowest BCUT2D eigenvalue weighted by molar-refractivity contribution is 0.0982. The Morgan fingerprint density at radius 3 is 3.12 bits per heavy atom. The van der Waals surface area contributed by atoms with E-state index in [9.17, 15) is 0 Å². The molecule has 1 fully saturated rings. The molecule has 0 spiro atoms. The molecule has 0 aliphatic carbocycles. The highest BCUT2D eigenvalue weighted by atomic mass is 15.5. The summed E-state index contributed by atoms with van der Waals surface area (Å²) >= 11 is 0. The summed E-state index contributed by atoms with van der Waals surface area (Å²) in [5.41, 5.74) is 4.98. The van der Waals surface area contributed by atoms with Gasteiger partial charge >= 0.3 is 0 Å². The van der Waals surface area contributed by atoms with Crippen LogP contribution in [0, 0.1) is 11.3 Å². The van der Waals surface area contributed by atoms with Crippen LogP contribution in [-0.2, 0) is 0 Å². The molecular formula is C12H16N4. The Hall–Kier alpha value is -1.44. The number of hydrazine groups is 1. The molecule has 84 valence electrons. The molecule has 2 rings (SSSR count). The number of hydrogen-bond acceptors (Lipinski definition) is 4. The number of nitrogens with zero attached hydrogens (tertiary/aromatic N) is 3. The van der Waals surface area contributed by atoms with Gasteiger partial charge in [0.05, 0.1) is 11.6 Å². The highest BCUT2D eigenvalue weighted by Crippen LogP contribution is 2.28. The van der Waals surface area contributed by atoms with E-state index in [0.717, 1.165) is 18.5 Å². The Morgan fingerprint density at radius 2 is 2.38 bits per heavy atom. The first-order chi connectivity index (χ1) is 7.85. The molecule has 1 aliphatic heterocycles. The summed E-state index contributed by atoms with van der Waals surface area (Å²) < 4.78 is 0. The second-order valence-electron chi connectivity index (χ2n) is 4.05. The van der Waals surface area contributed by atoms with Crippen LogP contribution in [0.5, 0.6) is 0 Å². The van der Waals surface area contributed by atoms with Crippen LogP contribution in [0.15, 0.2) is 18.5 Å². The molecule has 1 aromatic rings. The van der Waals surface area contributed by atoms with E-state index in [1.807, 2.05) is 19.3 Å². The van der Waals surface area contributed by atoms with Crippen LogP contribution >= 0.6 is 0 Å². The Bertz CT molecular complexity index is 396. The Balaban J connectivity index is 2.24. The fourth-order valence-corrected chi connectivity index (χ4v) is 2.25. The molecule has 0 amide bonds. The standard InChI is InChI=1S/C12H16N4/c1-14-16-5-3-2-4-12(16)11-6-10(7-13)8-15-9-11/h6,8-9,12,14H,2-5H2,1H3/t12-/m0/s1. The maximum Gasteiger partial charge on any atom is 0.101 e. The summed E-state index contributed by atoms with van der Waals surface area (Å²) in [5.74, 6) is 0. The van der Waals surface area contributed by atoms with Crippen molar-refractivity contribution in [3.63, 3.8) is 0 Å². The lowest BCUT2D eigenvalue weighted by Gasteiger charge is -2.34. The molecule has 1 N–H and O–H groups in total. The molecule has 16 heavy (non-hydrogen) atoms. The first-order valence-corrected chi connectivity index (χ1v) is 5.64. The zero-order valence-corrected chi connectivity index (χ0v) is 9.48. The zero-order valence-electron chi connectivity index (χ0n) is 9.48. The topological polar surface area (TPSA) is 52.0 Å². The number of rotatable bonds is 2. The maximum absolute atomic E-state index is 8.86. The van der Waals surface area contributed by atoms with Gasteiger partial charge < -0.3 is 0 Å². The number of hydrogen-bond donors (Lipinski definition) is 1. The van der Waals surface area contributed by atoms with Crippen LogP contribution < -0.4 is 5.43 Å². The molecule has 1 saturated heterocycles. The fourth-order valence-electron chi connectivity index (χ4n) is 2.25. The van der Waals surface area contributed by atoms with Gasteiger partial charge in [0, 0.05) is 18.9 Å². The number of piperidine rings is 1. The molecule has 0 unspecified atom stereocenters. The molecule has 0 aromatic carbocycles. The van der Waals surface area contributed by atoms with Crippen LogP contribution in [0.25, 0.3) is 0 Å². The molecular weight excluding hydrogens is 200 g/mol. The molecule has 0 bridgehead atoms. The van der Waals surface area contributed by atoms with E-state index in [1.54, 1.807) is 6.20 Å². The van der Waals surface area contributed by atoms with Crippen molar-refractivity contribution in [2.45, 2.75) is 25.3 Å². The van der Waals surface area contributed by atoms with Crippen LogP contribution in [0.1, 0.15) is 36.4 Å². The monoisotopic (exact) mass is 216 g/mol. The van der Waals surface area contributed by atoms with Gasteiger partial charge in [0.25, 0.3) is 0 Å². The first kappa shape index (κ1) is 11.1. The zero-order chi connectivity index (χ0) is 11.4. The van der Waals surface area contributed by atoms with E-state index in [2.05, 4.69) is 21.5 Å². The molecule has 1 atom stereocenters. The van der Waals surface area contributed by atoms with Gasteiger partial charge in [-0.2, -0.15) is 5.26 Å². The summed E-state index contributed by atoms with van der Waals surface area (Å²) in [6, 6.07) is 4.42. The third-order valence-electron chi connectivity index (χ3n) is 3.06. The number of nitrogens with one attached hydrogen (secondary N) is 1. The molecule has 0 saturated carbocycles. The van der Waals surface area contributed by atoms with Crippen molar-refractivity contribution in [3.05, 3.63) is 29.6 Å². The van der Waals surface area contributed by atoms with Gasteiger partial charge in [0.2, 0.25) is 0 Å². The molecule has 2 heterocycles. The van der Waals surface area contributed by atoms with Gasteiger partial charge in [-0.05, 0) is 31.5 Å². The van der Waals surface area contributed by atoms with E-state index >= 15 is 0 Å². The minimum atomic E-state index is 0.347. The quantitative estimate of drug-likeness (QED) is 0.816. The van der Waals surface area contributed by atoms with E-state index in [-0.39, 0.29) is 0 Å². The van der Waals surface area contributed by atoms with Gasteiger partial charge in [-0.15, -0.1) is 0 Å². The van der Waals surface area contributed by atoms with Crippen LogP contribution in [0.3, 0.4) is 0 Å². The van der Waals surface area contributed by atoms with E-state index in [4.69, 9.17) is 5.26 Å². The molecule has 1 aromatic heterocycles.